The number of hydrogen-bond donors (Lipinski definition) is 0. The fourth-order valence-corrected chi connectivity index (χ4v) is 1.16. The highest BCUT2D eigenvalue weighted by atomic mass is 16.6. The quantitative estimate of drug-likeness (QED) is 0.703. The monoisotopic (exact) mass is 202 g/mol. The topological polar surface area (TPSA) is 39.4 Å². The number of benzene rings is 1. The molecular weight excluding hydrogens is 192 g/mol. The van der Waals surface area contributed by atoms with Crippen LogP contribution in [0.15, 0.2) is 47.1 Å². The zero-order chi connectivity index (χ0) is 10.7. The summed E-state index contributed by atoms with van der Waals surface area (Å²) in [5, 5.41) is 0. The molecule has 0 aliphatic rings. The van der Waals surface area contributed by atoms with E-state index in [0.29, 0.717) is 5.56 Å². The molecule has 15 heavy (non-hydrogen) atoms. The van der Waals surface area contributed by atoms with Gasteiger partial charge in [-0.3, -0.25) is 0 Å². The molecule has 0 radical (unpaired) electrons. The summed E-state index contributed by atoms with van der Waals surface area (Å²) in [6.07, 6.45) is 1.46. The highest BCUT2D eigenvalue weighted by Gasteiger charge is 2.08. The van der Waals surface area contributed by atoms with Gasteiger partial charge in [0.15, 0.2) is 0 Å². The summed E-state index contributed by atoms with van der Waals surface area (Å²) in [4.78, 5) is 11.5. The van der Waals surface area contributed by atoms with Crippen molar-refractivity contribution in [2.45, 2.75) is 6.92 Å². The minimum absolute atomic E-state index is 0.209. The smallest absolute Gasteiger partial charge is 0.345 e. The molecular formula is C12H10O3. The fourth-order valence-electron chi connectivity index (χ4n) is 1.16. The van der Waals surface area contributed by atoms with Gasteiger partial charge in [0.25, 0.3) is 5.95 Å². The molecule has 0 saturated heterocycles. The molecule has 3 heteroatoms. The highest BCUT2D eigenvalue weighted by Crippen LogP contribution is 2.13. The predicted octanol–water partition coefficient (Wildman–Crippen LogP) is 2.81. The maximum atomic E-state index is 11.5. The van der Waals surface area contributed by atoms with Crippen LogP contribution in [-0.2, 0) is 0 Å². The minimum Gasteiger partial charge on any atom is -0.434 e. The first kappa shape index (κ1) is 9.52. The van der Waals surface area contributed by atoms with Gasteiger partial charge in [0.2, 0.25) is 0 Å². The number of furan rings is 1. The van der Waals surface area contributed by atoms with E-state index in [2.05, 4.69) is 0 Å². The molecule has 1 aromatic heterocycles. The molecule has 0 unspecified atom stereocenters. The van der Waals surface area contributed by atoms with E-state index in [9.17, 15) is 4.79 Å². The number of carbonyl (C=O) groups is 1. The third-order valence-electron chi connectivity index (χ3n) is 1.98. The van der Waals surface area contributed by atoms with Gasteiger partial charge in [0, 0.05) is 6.07 Å². The third kappa shape index (κ3) is 2.26. The zero-order valence-corrected chi connectivity index (χ0v) is 8.27. The fraction of sp³-hybridized carbons (Fsp3) is 0.0833. The number of rotatable bonds is 2. The van der Waals surface area contributed by atoms with Gasteiger partial charge in [-0.1, -0.05) is 17.7 Å². The summed E-state index contributed by atoms with van der Waals surface area (Å²) in [6, 6.07) is 10.4. The second-order valence-electron chi connectivity index (χ2n) is 3.19. The van der Waals surface area contributed by atoms with E-state index in [1.165, 1.54) is 6.26 Å². The third-order valence-corrected chi connectivity index (χ3v) is 1.98. The Bertz CT molecular complexity index is 440. The first-order valence-corrected chi connectivity index (χ1v) is 4.58. The van der Waals surface area contributed by atoms with E-state index in [-0.39, 0.29) is 5.95 Å². The first-order chi connectivity index (χ1) is 7.25. The van der Waals surface area contributed by atoms with Gasteiger partial charge in [-0.05, 0) is 25.1 Å². The second kappa shape index (κ2) is 4.00. The summed E-state index contributed by atoms with van der Waals surface area (Å²) >= 11 is 0. The molecule has 2 aromatic rings. The molecule has 0 bridgehead atoms. The molecule has 0 aliphatic carbocycles. The standard InChI is InChI=1S/C12H10O3/c1-9-4-6-10(7-5-9)12(13)15-11-3-2-8-14-11/h2-8H,1H3. The molecule has 76 valence electrons. The van der Waals surface area contributed by atoms with Crippen molar-refractivity contribution in [2.75, 3.05) is 0 Å². The lowest BCUT2D eigenvalue weighted by molar-refractivity contribution is 0.0694. The van der Waals surface area contributed by atoms with Gasteiger partial charge < -0.3 is 9.15 Å². The Labute approximate surface area is 87.3 Å². The Hall–Kier alpha value is -2.03. The van der Waals surface area contributed by atoms with Crippen molar-refractivity contribution in [2.24, 2.45) is 0 Å². The van der Waals surface area contributed by atoms with Gasteiger partial charge in [-0.15, -0.1) is 0 Å². The summed E-state index contributed by atoms with van der Waals surface area (Å²) in [6.45, 7) is 1.96. The minimum atomic E-state index is -0.412. The molecule has 0 N–H and O–H groups in total. The van der Waals surface area contributed by atoms with Crippen molar-refractivity contribution in [1.82, 2.24) is 0 Å². The molecule has 3 nitrogen and oxygen atoms in total. The van der Waals surface area contributed by atoms with Crippen LogP contribution in [0, 0.1) is 6.92 Å². The normalized spacial score (nSPS) is 9.93. The van der Waals surface area contributed by atoms with Crippen LogP contribution in [0.25, 0.3) is 0 Å². The van der Waals surface area contributed by atoms with Crippen LogP contribution in [0.1, 0.15) is 15.9 Å². The number of esters is 1. The van der Waals surface area contributed by atoms with Crippen LogP contribution in [0.3, 0.4) is 0 Å². The largest absolute Gasteiger partial charge is 0.434 e. The number of ether oxygens (including phenoxy) is 1. The van der Waals surface area contributed by atoms with Crippen LogP contribution in [0.5, 0.6) is 5.95 Å². The van der Waals surface area contributed by atoms with Crippen molar-refractivity contribution >= 4 is 5.97 Å². The Balaban J connectivity index is 2.11. The average Bonchev–Trinajstić information content (AvgIpc) is 2.71. The highest BCUT2D eigenvalue weighted by molar-refractivity contribution is 5.90. The van der Waals surface area contributed by atoms with Crippen LogP contribution in [0.2, 0.25) is 0 Å². The molecule has 2 rings (SSSR count). The van der Waals surface area contributed by atoms with Gasteiger partial charge >= 0.3 is 5.97 Å². The zero-order valence-electron chi connectivity index (χ0n) is 8.27. The van der Waals surface area contributed by atoms with E-state index >= 15 is 0 Å². The summed E-state index contributed by atoms with van der Waals surface area (Å²) < 4.78 is 9.88. The van der Waals surface area contributed by atoms with Gasteiger partial charge in [0.05, 0.1) is 11.8 Å². The Morgan fingerprint density at radius 3 is 2.53 bits per heavy atom. The van der Waals surface area contributed by atoms with Gasteiger partial charge in [-0.2, -0.15) is 0 Å². The van der Waals surface area contributed by atoms with E-state index < -0.39 is 5.97 Å². The molecule has 0 fully saturated rings. The van der Waals surface area contributed by atoms with Crippen molar-refractivity contribution in [3.8, 4) is 5.95 Å². The maximum Gasteiger partial charge on any atom is 0.345 e. The Morgan fingerprint density at radius 1 is 1.20 bits per heavy atom. The first-order valence-electron chi connectivity index (χ1n) is 4.58. The molecule has 0 amide bonds. The number of aryl methyl sites for hydroxylation is 1. The predicted molar refractivity (Wildman–Crippen MR) is 54.8 cm³/mol. The summed E-state index contributed by atoms with van der Waals surface area (Å²) in [7, 11) is 0. The van der Waals surface area contributed by atoms with Crippen LogP contribution in [-0.4, -0.2) is 5.97 Å². The lowest BCUT2D eigenvalue weighted by Gasteiger charge is -2.00. The van der Waals surface area contributed by atoms with E-state index in [1.54, 1.807) is 24.3 Å². The lowest BCUT2D eigenvalue weighted by Crippen LogP contribution is -2.07. The second-order valence-corrected chi connectivity index (χ2v) is 3.19. The molecule has 1 aromatic carbocycles. The Kier molecular flexibility index (Phi) is 2.54. The van der Waals surface area contributed by atoms with E-state index in [4.69, 9.17) is 9.15 Å². The molecule has 0 spiro atoms. The molecule has 1 heterocycles. The molecule has 0 atom stereocenters. The molecule has 0 aliphatic heterocycles. The van der Waals surface area contributed by atoms with Crippen LogP contribution < -0.4 is 4.74 Å². The van der Waals surface area contributed by atoms with E-state index in [1.807, 2.05) is 19.1 Å². The average molecular weight is 202 g/mol. The summed E-state index contributed by atoms with van der Waals surface area (Å²) in [5.41, 5.74) is 1.61. The Morgan fingerprint density at radius 2 is 1.93 bits per heavy atom. The van der Waals surface area contributed by atoms with Gasteiger partial charge in [-0.25, -0.2) is 4.79 Å². The van der Waals surface area contributed by atoms with Crippen LogP contribution in [0.4, 0.5) is 0 Å². The lowest BCUT2D eigenvalue weighted by atomic mass is 10.1. The van der Waals surface area contributed by atoms with Crippen molar-refractivity contribution in [1.29, 1.82) is 0 Å². The van der Waals surface area contributed by atoms with E-state index in [0.717, 1.165) is 5.56 Å². The van der Waals surface area contributed by atoms with Crippen molar-refractivity contribution < 1.29 is 13.9 Å². The van der Waals surface area contributed by atoms with Crippen LogP contribution >= 0.6 is 0 Å². The SMILES string of the molecule is Cc1ccc(C(=O)Oc2ccco2)cc1. The number of carbonyl (C=O) groups excluding carboxylic acids is 1. The molecule has 0 saturated carbocycles. The van der Waals surface area contributed by atoms with Crippen molar-refractivity contribution in [3.05, 3.63) is 53.8 Å². The van der Waals surface area contributed by atoms with Gasteiger partial charge in [0.1, 0.15) is 0 Å². The maximum absolute atomic E-state index is 11.5. The summed E-state index contributed by atoms with van der Waals surface area (Å²) in [5.74, 6) is -0.203. The number of hydrogen-bond acceptors (Lipinski definition) is 3. The van der Waals surface area contributed by atoms with Crippen molar-refractivity contribution in [3.63, 3.8) is 0 Å².